The molecule has 0 unspecified atom stereocenters. The van der Waals surface area contributed by atoms with Gasteiger partial charge in [0.25, 0.3) is 0 Å². The lowest BCUT2D eigenvalue weighted by Crippen LogP contribution is -2.44. The monoisotopic (exact) mass is 286 g/mol. The van der Waals surface area contributed by atoms with Crippen LogP contribution in [0.1, 0.15) is 36.8 Å². The van der Waals surface area contributed by atoms with E-state index in [1.54, 1.807) is 0 Å². The highest BCUT2D eigenvalue weighted by atomic mass is 16.2. The predicted octanol–water partition coefficient (Wildman–Crippen LogP) is 2.11. The molecule has 1 atom stereocenters. The number of likely N-dealkylation sites (tertiary alicyclic amines) is 2. The molecule has 0 aliphatic carbocycles. The molecule has 4 heteroatoms. The number of hydrogen-bond acceptors (Lipinski definition) is 3. The molecule has 1 aromatic carbocycles. The lowest BCUT2D eigenvalue weighted by atomic mass is 10.1. The van der Waals surface area contributed by atoms with Crippen LogP contribution in [0.15, 0.2) is 24.3 Å². The molecule has 1 aromatic rings. The Hall–Kier alpha value is -1.68. The highest BCUT2D eigenvalue weighted by Gasteiger charge is 2.41. The molecule has 0 saturated carbocycles. The minimum Gasteiger partial charge on any atom is -0.292 e. The van der Waals surface area contributed by atoms with Crippen LogP contribution in [0.5, 0.6) is 0 Å². The molecule has 2 heterocycles. The third-order valence-electron chi connectivity index (χ3n) is 4.51. The summed E-state index contributed by atoms with van der Waals surface area (Å²) in [6.45, 7) is 4.33. The number of carbonyl (C=O) groups excluding carboxylic acids is 2. The van der Waals surface area contributed by atoms with E-state index in [9.17, 15) is 9.59 Å². The molecule has 2 saturated heterocycles. The largest absolute Gasteiger partial charge is 0.292 e. The number of amides is 2. The topological polar surface area (TPSA) is 40.6 Å². The summed E-state index contributed by atoms with van der Waals surface area (Å²) in [7, 11) is 0. The molecule has 2 aliphatic heterocycles. The first kappa shape index (κ1) is 14.3. The fraction of sp³-hybridized carbons (Fsp3) is 0.529. The zero-order valence-electron chi connectivity index (χ0n) is 12.5. The Morgan fingerprint density at radius 3 is 2.38 bits per heavy atom. The van der Waals surface area contributed by atoms with E-state index < -0.39 is 0 Å². The van der Waals surface area contributed by atoms with Crippen LogP contribution in [0, 0.1) is 6.92 Å². The minimum absolute atomic E-state index is 0.0116. The van der Waals surface area contributed by atoms with E-state index in [1.807, 2.05) is 31.2 Å². The maximum Gasteiger partial charge on any atom is 0.247 e. The average molecular weight is 286 g/mol. The van der Waals surface area contributed by atoms with Gasteiger partial charge in [-0.2, -0.15) is 0 Å². The first-order valence-corrected chi connectivity index (χ1v) is 7.79. The Morgan fingerprint density at radius 2 is 1.71 bits per heavy atom. The van der Waals surface area contributed by atoms with E-state index in [0.29, 0.717) is 13.0 Å². The van der Waals surface area contributed by atoms with Crippen LogP contribution < -0.4 is 0 Å². The van der Waals surface area contributed by atoms with Gasteiger partial charge in [-0.1, -0.05) is 36.2 Å². The van der Waals surface area contributed by atoms with Crippen LogP contribution in [0.4, 0.5) is 0 Å². The Balaban J connectivity index is 1.69. The number of hydrogen-bond donors (Lipinski definition) is 0. The molecular weight excluding hydrogens is 264 g/mol. The van der Waals surface area contributed by atoms with Crippen molar-refractivity contribution < 1.29 is 9.59 Å². The van der Waals surface area contributed by atoms with Gasteiger partial charge in [-0.05, 0) is 38.4 Å². The number of piperidine rings is 1. The molecule has 0 aromatic heterocycles. The van der Waals surface area contributed by atoms with Crippen LogP contribution in [0.3, 0.4) is 0 Å². The van der Waals surface area contributed by atoms with E-state index in [0.717, 1.165) is 31.5 Å². The van der Waals surface area contributed by atoms with Gasteiger partial charge in [-0.15, -0.1) is 0 Å². The zero-order valence-corrected chi connectivity index (χ0v) is 12.5. The van der Waals surface area contributed by atoms with Gasteiger partial charge in [-0.3, -0.25) is 19.4 Å². The van der Waals surface area contributed by atoms with E-state index in [-0.39, 0.29) is 17.9 Å². The minimum atomic E-state index is -0.219. The highest BCUT2D eigenvalue weighted by Crippen LogP contribution is 2.24. The number of carbonyl (C=O) groups is 2. The molecule has 2 aliphatic rings. The molecule has 3 rings (SSSR count). The molecular formula is C17H22N2O2. The van der Waals surface area contributed by atoms with E-state index >= 15 is 0 Å². The molecule has 2 amide bonds. The molecule has 4 nitrogen and oxygen atoms in total. The van der Waals surface area contributed by atoms with Crippen LogP contribution in [-0.2, 0) is 16.1 Å². The summed E-state index contributed by atoms with van der Waals surface area (Å²) in [6, 6.07) is 7.79. The van der Waals surface area contributed by atoms with Crippen LogP contribution >= 0.6 is 0 Å². The second-order valence-corrected chi connectivity index (χ2v) is 6.12. The van der Waals surface area contributed by atoms with Crippen molar-refractivity contribution in [3.8, 4) is 0 Å². The Morgan fingerprint density at radius 1 is 1.05 bits per heavy atom. The molecule has 112 valence electrons. The van der Waals surface area contributed by atoms with Crippen molar-refractivity contribution >= 4 is 11.8 Å². The maximum atomic E-state index is 12.5. The fourth-order valence-electron chi connectivity index (χ4n) is 3.22. The zero-order chi connectivity index (χ0) is 14.8. The summed E-state index contributed by atoms with van der Waals surface area (Å²) in [4.78, 5) is 28.4. The summed E-state index contributed by atoms with van der Waals surface area (Å²) < 4.78 is 0. The molecule has 0 radical (unpaired) electrons. The predicted molar refractivity (Wildman–Crippen MR) is 80.6 cm³/mol. The number of rotatable bonds is 3. The van der Waals surface area contributed by atoms with Gasteiger partial charge in [0.1, 0.15) is 0 Å². The SMILES string of the molecule is Cc1ccc(CN2C(=O)C[C@@H](N3CCCCC3)C2=O)cc1. The van der Waals surface area contributed by atoms with Gasteiger partial charge in [0.15, 0.2) is 0 Å². The standard InChI is InChI=1S/C17H22N2O2/c1-13-5-7-14(8-6-13)12-19-16(20)11-15(17(19)21)18-9-3-2-4-10-18/h5-8,15H,2-4,9-12H2,1H3/t15-/m1/s1. The first-order chi connectivity index (χ1) is 10.1. The third kappa shape index (κ3) is 3.00. The Kier molecular flexibility index (Phi) is 4.06. The molecule has 2 fully saturated rings. The van der Waals surface area contributed by atoms with Gasteiger partial charge in [0, 0.05) is 0 Å². The fourth-order valence-corrected chi connectivity index (χ4v) is 3.22. The summed E-state index contributed by atoms with van der Waals surface area (Å²) in [5, 5.41) is 0. The van der Waals surface area contributed by atoms with Crippen molar-refractivity contribution in [2.45, 2.75) is 45.2 Å². The summed E-state index contributed by atoms with van der Waals surface area (Å²) >= 11 is 0. The van der Waals surface area contributed by atoms with Crippen molar-refractivity contribution in [2.24, 2.45) is 0 Å². The Labute approximate surface area is 125 Å². The van der Waals surface area contributed by atoms with Crippen LogP contribution in [-0.4, -0.2) is 40.7 Å². The quantitative estimate of drug-likeness (QED) is 0.799. The lowest BCUT2D eigenvalue weighted by Gasteiger charge is -2.30. The maximum absolute atomic E-state index is 12.5. The van der Waals surface area contributed by atoms with Crippen LogP contribution in [0.2, 0.25) is 0 Å². The normalized spacial score (nSPS) is 23.9. The van der Waals surface area contributed by atoms with Crippen LogP contribution in [0.25, 0.3) is 0 Å². The smallest absolute Gasteiger partial charge is 0.247 e. The number of nitrogens with zero attached hydrogens (tertiary/aromatic N) is 2. The van der Waals surface area contributed by atoms with Gasteiger partial charge >= 0.3 is 0 Å². The molecule has 0 spiro atoms. The van der Waals surface area contributed by atoms with Crippen molar-refractivity contribution in [3.05, 3.63) is 35.4 Å². The number of aryl methyl sites for hydroxylation is 1. The van der Waals surface area contributed by atoms with Gasteiger partial charge in [0.2, 0.25) is 11.8 Å². The number of benzene rings is 1. The third-order valence-corrected chi connectivity index (χ3v) is 4.51. The van der Waals surface area contributed by atoms with Crippen molar-refractivity contribution in [1.29, 1.82) is 0 Å². The van der Waals surface area contributed by atoms with Gasteiger partial charge < -0.3 is 0 Å². The van der Waals surface area contributed by atoms with Crippen molar-refractivity contribution in [1.82, 2.24) is 9.80 Å². The van der Waals surface area contributed by atoms with E-state index in [4.69, 9.17) is 0 Å². The van der Waals surface area contributed by atoms with Gasteiger partial charge in [0.05, 0.1) is 19.0 Å². The van der Waals surface area contributed by atoms with E-state index in [1.165, 1.54) is 16.9 Å². The lowest BCUT2D eigenvalue weighted by molar-refractivity contribution is -0.140. The summed E-state index contributed by atoms with van der Waals surface area (Å²) in [5.74, 6) is -0.0429. The Bertz CT molecular complexity index is 532. The molecule has 0 N–H and O–H groups in total. The highest BCUT2D eigenvalue weighted by molar-refractivity contribution is 6.05. The van der Waals surface area contributed by atoms with Gasteiger partial charge in [-0.25, -0.2) is 0 Å². The average Bonchev–Trinajstić information content (AvgIpc) is 2.78. The summed E-state index contributed by atoms with van der Waals surface area (Å²) in [6.07, 6.45) is 3.86. The number of imide groups is 1. The second-order valence-electron chi connectivity index (χ2n) is 6.12. The molecule has 0 bridgehead atoms. The van der Waals surface area contributed by atoms with E-state index in [2.05, 4.69) is 4.90 Å². The first-order valence-electron chi connectivity index (χ1n) is 7.79. The summed E-state index contributed by atoms with van der Waals surface area (Å²) in [5.41, 5.74) is 2.20. The second kappa shape index (κ2) is 5.98. The van der Waals surface area contributed by atoms with Crippen molar-refractivity contribution in [3.63, 3.8) is 0 Å². The van der Waals surface area contributed by atoms with Crippen molar-refractivity contribution in [2.75, 3.05) is 13.1 Å². The molecule has 21 heavy (non-hydrogen) atoms.